The molecule has 1 fully saturated rings. The van der Waals surface area contributed by atoms with Gasteiger partial charge in [-0.3, -0.25) is 0 Å². The number of nitrogens with zero attached hydrogens (tertiary/aromatic N) is 1. The Labute approximate surface area is 148 Å². The summed E-state index contributed by atoms with van der Waals surface area (Å²) in [4.78, 5) is 1.17. The van der Waals surface area contributed by atoms with E-state index in [0.29, 0.717) is 24.5 Å². The van der Waals surface area contributed by atoms with Gasteiger partial charge < -0.3 is 5.73 Å². The van der Waals surface area contributed by atoms with Gasteiger partial charge in [0.05, 0.1) is 4.90 Å². The SMILES string of the molecule is CSc1ccccc1S(=O)(=O)N1C[C@@H](CN)[C@H](c2ccccc2)C1. The molecule has 128 valence electrons. The molecular weight excluding hydrogens is 340 g/mol. The fourth-order valence-electron chi connectivity index (χ4n) is 3.32. The lowest BCUT2D eigenvalue weighted by atomic mass is 9.89. The second kappa shape index (κ2) is 7.27. The second-order valence-corrected chi connectivity index (χ2v) is 8.74. The van der Waals surface area contributed by atoms with Gasteiger partial charge in [0.1, 0.15) is 0 Å². The van der Waals surface area contributed by atoms with Crippen LogP contribution in [-0.2, 0) is 10.0 Å². The number of rotatable bonds is 5. The van der Waals surface area contributed by atoms with Crippen LogP contribution in [0.25, 0.3) is 0 Å². The topological polar surface area (TPSA) is 63.4 Å². The van der Waals surface area contributed by atoms with Gasteiger partial charge in [0.2, 0.25) is 10.0 Å². The van der Waals surface area contributed by atoms with Gasteiger partial charge in [-0.1, -0.05) is 42.5 Å². The molecular formula is C18H22N2O2S2. The Kier molecular flexibility index (Phi) is 5.30. The summed E-state index contributed by atoms with van der Waals surface area (Å²) in [7, 11) is -3.51. The molecule has 0 aromatic heterocycles. The van der Waals surface area contributed by atoms with Crippen molar-refractivity contribution >= 4 is 21.8 Å². The Morgan fingerprint density at radius 1 is 1.08 bits per heavy atom. The highest BCUT2D eigenvalue weighted by Crippen LogP contribution is 2.36. The van der Waals surface area contributed by atoms with Crippen LogP contribution in [0.4, 0.5) is 0 Å². The molecule has 0 bridgehead atoms. The Hall–Kier alpha value is -1.34. The van der Waals surface area contributed by atoms with E-state index in [4.69, 9.17) is 5.73 Å². The number of sulfonamides is 1. The van der Waals surface area contributed by atoms with Crippen molar-refractivity contribution in [2.45, 2.75) is 15.7 Å². The minimum Gasteiger partial charge on any atom is -0.330 e. The van der Waals surface area contributed by atoms with Gasteiger partial charge >= 0.3 is 0 Å². The van der Waals surface area contributed by atoms with E-state index in [1.807, 2.05) is 36.6 Å². The summed E-state index contributed by atoms with van der Waals surface area (Å²) in [5, 5.41) is 0. The lowest BCUT2D eigenvalue weighted by Crippen LogP contribution is -2.30. The fourth-order valence-corrected chi connectivity index (χ4v) is 5.96. The van der Waals surface area contributed by atoms with Gasteiger partial charge in [-0.25, -0.2) is 8.42 Å². The summed E-state index contributed by atoms with van der Waals surface area (Å²) in [5.41, 5.74) is 7.09. The van der Waals surface area contributed by atoms with E-state index < -0.39 is 10.0 Å². The average Bonchev–Trinajstić information content (AvgIpc) is 3.07. The Balaban J connectivity index is 1.93. The zero-order valence-corrected chi connectivity index (χ0v) is 15.3. The van der Waals surface area contributed by atoms with Crippen LogP contribution in [0.15, 0.2) is 64.4 Å². The quantitative estimate of drug-likeness (QED) is 0.831. The summed E-state index contributed by atoms with van der Waals surface area (Å²) in [6.07, 6.45) is 1.90. The van der Waals surface area contributed by atoms with E-state index in [2.05, 4.69) is 12.1 Å². The van der Waals surface area contributed by atoms with Gasteiger partial charge in [-0.05, 0) is 36.4 Å². The lowest BCUT2D eigenvalue weighted by Gasteiger charge is -2.18. The number of thioether (sulfide) groups is 1. The third-order valence-electron chi connectivity index (χ3n) is 4.62. The molecule has 6 heteroatoms. The summed E-state index contributed by atoms with van der Waals surface area (Å²) >= 11 is 1.45. The van der Waals surface area contributed by atoms with E-state index in [1.54, 1.807) is 16.4 Å². The third-order valence-corrected chi connectivity index (χ3v) is 7.44. The summed E-state index contributed by atoms with van der Waals surface area (Å²) < 4.78 is 27.8. The van der Waals surface area contributed by atoms with E-state index in [0.717, 1.165) is 10.5 Å². The molecule has 2 atom stereocenters. The van der Waals surface area contributed by atoms with E-state index in [-0.39, 0.29) is 11.8 Å². The van der Waals surface area contributed by atoms with Crippen molar-refractivity contribution in [3.05, 3.63) is 60.2 Å². The molecule has 0 aliphatic carbocycles. The first-order valence-corrected chi connectivity index (χ1v) is 10.6. The van der Waals surface area contributed by atoms with Crippen LogP contribution in [0, 0.1) is 5.92 Å². The van der Waals surface area contributed by atoms with Crippen molar-refractivity contribution in [1.29, 1.82) is 0 Å². The first-order valence-electron chi connectivity index (χ1n) is 7.96. The molecule has 3 rings (SSSR count). The van der Waals surface area contributed by atoms with Gasteiger partial charge in [0.25, 0.3) is 0 Å². The molecule has 2 aromatic carbocycles. The molecule has 4 nitrogen and oxygen atoms in total. The zero-order chi connectivity index (χ0) is 17.2. The van der Waals surface area contributed by atoms with Crippen LogP contribution >= 0.6 is 11.8 Å². The number of hydrogen-bond donors (Lipinski definition) is 1. The van der Waals surface area contributed by atoms with Crippen LogP contribution in [0.2, 0.25) is 0 Å². The molecule has 0 radical (unpaired) electrons. The van der Waals surface area contributed by atoms with Crippen LogP contribution in [-0.4, -0.2) is 38.6 Å². The Morgan fingerprint density at radius 2 is 1.75 bits per heavy atom. The molecule has 24 heavy (non-hydrogen) atoms. The first kappa shape index (κ1) is 17.5. The molecule has 1 aliphatic rings. The van der Waals surface area contributed by atoms with Gasteiger partial charge in [0, 0.05) is 23.9 Å². The normalized spacial score (nSPS) is 21.9. The van der Waals surface area contributed by atoms with E-state index in [1.165, 1.54) is 11.8 Å². The molecule has 2 N–H and O–H groups in total. The Bertz CT molecular complexity index is 794. The molecule has 0 unspecified atom stereocenters. The van der Waals surface area contributed by atoms with Crippen molar-refractivity contribution < 1.29 is 8.42 Å². The van der Waals surface area contributed by atoms with Crippen molar-refractivity contribution in [2.24, 2.45) is 11.7 Å². The fraction of sp³-hybridized carbons (Fsp3) is 0.333. The summed E-state index contributed by atoms with van der Waals surface area (Å²) in [6.45, 7) is 1.44. The molecule has 0 amide bonds. The van der Waals surface area contributed by atoms with E-state index in [9.17, 15) is 8.42 Å². The standard InChI is InChI=1S/C18H22N2O2S2/c1-23-17-9-5-6-10-18(17)24(21,22)20-12-15(11-19)16(13-20)14-7-3-2-4-8-14/h2-10,15-16H,11-13,19H2,1H3/t15-,16+/m1/s1. The average molecular weight is 363 g/mol. The van der Waals surface area contributed by atoms with Crippen molar-refractivity contribution in [1.82, 2.24) is 4.31 Å². The zero-order valence-electron chi connectivity index (χ0n) is 13.6. The molecule has 1 saturated heterocycles. The van der Waals surface area contributed by atoms with Gasteiger partial charge in [-0.15, -0.1) is 11.8 Å². The predicted molar refractivity (Wildman–Crippen MR) is 98.7 cm³/mol. The molecule has 0 spiro atoms. The van der Waals surface area contributed by atoms with Gasteiger partial charge in [0.15, 0.2) is 0 Å². The molecule has 1 aliphatic heterocycles. The summed E-state index contributed by atoms with van der Waals surface area (Å²) in [6, 6.07) is 17.2. The largest absolute Gasteiger partial charge is 0.330 e. The van der Waals surface area contributed by atoms with Crippen LogP contribution in [0.5, 0.6) is 0 Å². The summed E-state index contributed by atoms with van der Waals surface area (Å²) in [5.74, 6) is 0.288. The lowest BCUT2D eigenvalue weighted by molar-refractivity contribution is 0.457. The van der Waals surface area contributed by atoms with Crippen molar-refractivity contribution in [3.8, 4) is 0 Å². The second-order valence-electron chi connectivity index (χ2n) is 5.99. The van der Waals surface area contributed by atoms with E-state index >= 15 is 0 Å². The Morgan fingerprint density at radius 3 is 2.42 bits per heavy atom. The maximum Gasteiger partial charge on any atom is 0.244 e. The van der Waals surface area contributed by atoms with Crippen molar-refractivity contribution in [2.75, 3.05) is 25.9 Å². The maximum atomic E-state index is 13.1. The highest BCUT2D eigenvalue weighted by molar-refractivity contribution is 7.99. The monoisotopic (exact) mass is 362 g/mol. The van der Waals surface area contributed by atoms with Gasteiger partial charge in [-0.2, -0.15) is 4.31 Å². The molecule has 2 aromatic rings. The third kappa shape index (κ3) is 3.24. The first-order chi connectivity index (χ1) is 11.6. The minimum absolute atomic E-state index is 0.142. The predicted octanol–water partition coefficient (Wildman–Crippen LogP) is 2.77. The highest BCUT2D eigenvalue weighted by atomic mass is 32.2. The van der Waals surface area contributed by atoms with Crippen LogP contribution in [0.3, 0.4) is 0 Å². The number of nitrogens with two attached hydrogens (primary N) is 1. The minimum atomic E-state index is -3.51. The number of benzene rings is 2. The maximum absolute atomic E-state index is 13.1. The smallest absolute Gasteiger partial charge is 0.244 e. The molecule has 0 saturated carbocycles. The number of hydrogen-bond acceptors (Lipinski definition) is 4. The van der Waals surface area contributed by atoms with Crippen molar-refractivity contribution in [3.63, 3.8) is 0 Å². The molecule has 1 heterocycles. The van der Waals surface area contributed by atoms with Crippen LogP contribution in [0.1, 0.15) is 11.5 Å². The van der Waals surface area contributed by atoms with Crippen LogP contribution < -0.4 is 5.73 Å². The highest BCUT2D eigenvalue weighted by Gasteiger charge is 2.39.